The quantitative estimate of drug-likeness (QED) is 0.810. The summed E-state index contributed by atoms with van der Waals surface area (Å²) in [6, 6.07) is 3.09. The summed E-state index contributed by atoms with van der Waals surface area (Å²) in [5.74, 6) is -0.114. The Hall–Kier alpha value is -1.69. The van der Waals surface area contributed by atoms with Crippen molar-refractivity contribution >= 4 is 5.91 Å². The molecule has 3 N–H and O–H groups in total. The van der Waals surface area contributed by atoms with Crippen LogP contribution < -0.4 is 11.3 Å². The third kappa shape index (κ3) is 3.41. The third-order valence-corrected chi connectivity index (χ3v) is 3.53. The second-order valence-corrected chi connectivity index (χ2v) is 4.89. The highest BCUT2D eigenvalue weighted by Crippen LogP contribution is 2.24. The monoisotopic (exact) mass is 264 g/mol. The van der Waals surface area contributed by atoms with Crippen LogP contribution in [0.2, 0.25) is 0 Å². The van der Waals surface area contributed by atoms with Gasteiger partial charge in [-0.3, -0.25) is 9.59 Å². The summed E-state index contributed by atoms with van der Waals surface area (Å²) in [5, 5.41) is 6.12. The number of H-pyrrole nitrogens is 1. The van der Waals surface area contributed by atoms with Crippen molar-refractivity contribution < 1.29 is 4.79 Å². The van der Waals surface area contributed by atoms with Crippen LogP contribution in [0.1, 0.15) is 42.6 Å². The minimum absolute atomic E-state index is 0.114. The molecular formula is C13H20N4O2. The lowest BCUT2D eigenvalue weighted by Gasteiger charge is -2.28. The SMILES string of the molecule is NCCCN(C(=O)c1ccc(=O)[nH]n1)C1CCCC1. The van der Waals surface area contributed by atoms with E-state index in [0.29, 0.717) is 18.8 Å². The molecule has 1 aromatic heterocycles. The maximum Gasteiger partial charge on any atom is 0.274 e. The number of nitrogens with one attached hydrogen (secondary N) is 1. The molecule has 0 aromatic carbocycles. The Bertz CT molecular complexity index is 459. The molecule has 1 aliphatic rings. The number of nitrogens with two attached hydrogens (primary N) is 1. The van der Waals surface area contributed by atoms with E-state index in [1.165, 1.54) is 12.1 Å². The lowest BCUT2D eigenvalue weighted by Crippen LogP contribution is -2.40. The van der Waals surface area contributed by atoms with Crippen LogP contribution in [-0.2, 0) is 0 Å². The van der Waals surface area contributed by atoms with Gasteiger partial charge in [-0.15, -0.1) is 0 Å². The van der Waals surface area contributed by atoms with Gasteiger partial charge in [0.1, 0.15) is 5.69 Å². The number of amides is 1. The molecule has 0 aliphatic heterocycles. The van der Waals surface area contributed by atoms with Gasteiger partial charge in [0.25, 0.3) is 11.5 Å². The summed E-state index contributed by atoms with van der Waals surface area (Å²) in [5.41, 5.74) is 5.53. The average Bonchev–Trinajstić information content (AvgIpc) is 2.94. The molecule has 6 heteroatoms. The van der Waals surface area contributed by atoms with E-state index in [9.17, 15) is 9.59 Å². The topological polar surface area (TPSA) is 92.1 Å². The Morgan fingerprint density at radius 1 is 1.42 bits per heavy atom. The number of nitrogens with zero attached hydrogens (tertiary/aromatic N) is 2. The first-order valence-electron chi connectivity index (χ1n) is 6.79. The van der Waals surface area contributed by atoms with Crippen molar-refractivity contribution in [2.45, 2.75) is 38.1 Å². The highest BCUT2D eigenvalue weighted by atomic mass is 16.2. The summed E-state index contributed by atoms with van der Waals surface area (Å²) in [6.45, 7) is 1.22. The van der Waals surface area contributed by atoms with Crippen molar-refractivity contribution in [3.8, 4) is 0 Å². The van der Waals surface area contributed by atoms with Gasteiger partial charge in [0.2, 0.25) is 0 Å². The highest BCUT2D eigenvalue weighted by molar-refractivity contribution is 5.92. The number of aromatic nitrogens is 2. The molecule has 1 aromatic rings. The molecule has 0 spiro atoms. The van der Waals surface area contributed by atoms with E-state index in [0.717, 1.165) is 32.1 Å². The zero-order valence-electron chi connectivity index (χ0n) is 11.0. The third-order valence-electron chi connectivity index (χ3n) is 3.53. The summed E-state index contributed by atoms with van der Waals surface area (Å²) in [7, 11) is 0. The molecule has 19 heavy (non-hydrogen) atoms. The van der Waals surface area contributed by atoms with Gasteiger partial charge in [-0.1, -0.05) is 12.8 Å². The minimum Gasteiger partial charge on any atom is -0.334 e. The highest BCUT2D eigenvalue weighted by Gasteiger charge is 2.27. The maximum absolute atomic E-state index is 12.4. The summed E-state index contributed by atoms with van der Waals surface area (Å²) < 4.78 is 0. The zero-order chi connectivity index (χ0) is 13.7. The van der Waals surface area contributed by atoms with E-state index in [2.05, 4.69) is 10.2 Å². The number of carbonyl (C=O) groups excluding carboxylic acids is 1. The fourth-order valence-electron chi connectivity index (χ4n) is 2.54. The second kappa shape index (κ2) is 6.47. The number of aromatic amines is 1. The van der Waals surface area contributed by atoms with E-state index in [1.54, 1.807) is 0 Å². The van der Waals surface area contributed by atoms with Crippen LogP contribution in [0.5, 0.6) is 0 Å². The van der Waals surface area contributed by atoms with Gasteiger partial charge in [0.15, 0.2) is 0 Å². The Morgan fingerprint density at radius 3 is 2.74 bits per heavy atom. The van der Waals surface area contributed by atoms with Gasteiger partial charge in [-0.25, -0.2) is 5.10 Å². The summed E-state index contributed by atoms with van der Waals surface area (Å²) >= 11 is 0. The molecule has 1 heterocycles. The van der Waals surface area contributed by atoms with Gasteiger partial charge >= 0.3 is 0 Å². The van der Waals surface area contributed by atoms with Crippen LogP contribution in [0.4, 0.5) is 0 Å². The molecule has 0 bridgehead atoms. The Labute approximate surface area is 112 Å². The molecule has 0 saturated heterocycles. The molecule has 6 nitrogen and oxygen atoms in total. The normalized spacial score (nSPS) is 15.6. The predicted octanol–water partition coefficient (Wildman–Crippen LogP) is 0.503. The van der Waals surface area contributed by atoms with Gasteiger partial charge in [-0.05, 0) is 31.9 Å². The molecule has 0 atom stereocenters. The zero-order valence-corrected chi connectivity index (χ0v) is 11.0. The van der Waals surface area contributed by atoms with Gasteiger partial charge < -0.3 is 10.6 Å². The molecule has 0 unspecified atom stereocenters. The van der Waals surface area contributed by atoms with Crippen LogP contribution in [0.3, 0.4) is 0 Å². The van der Waals surface area contributed by atoms with Crippen molar-refractivity contribution in [3.63, 3.8) is 0 Å². The van der Waals surface area contributed by atoms with Gasteiger partial charge in [-0.2, -0.15) is 5.10 Å². The molecule has 1 saturated carbocycles. The molecule has 1 aliphatic carbocycles. The summed E-state index contributed by atoms with van der Waals surface area (Å²) in [6.07, 6.45) is 5.19. The van der Waals surface area contributed by atoms with Crippen molar-refractivity contribution in [2.24, 2.45) is 5.73 Å². The molecule has 1 amide bonds. The van der Waals surface area contributed by atoms with Crippen molar-refractivity contribution in [1.82, 2.24) is 15.1 Å². The molecular weight excluding hydrogens is 244 g/mol. The smallest absolute Gasteiger partial charge is 0.274 e. The van der Waals surface area contributed by atoms with Crippen molar-refractivity contribution in [2.75, 3.05) is 13.1 Å². The number of hydrogen-bond acceptors (Lipinski definition) is 4. The first-order chi connectivity index (χ1) is 9.22. The Kier molecular flexibility index (Phi) is 4.68. The fraction of sp³-hybridized carbons (Fsp3) is 0.615. The summed E-state index contributed by atoms with van der Waals surface area (Å²) in [4.78, 5) is 25.3. The van der Waals surface area contributed by atoms with Crippen LogP contribution in [0.25, 0.3) is 0 Å². The Morgan fingerprint density at radius 2 is 2.16 bits per heavy atom. The first-order valence-corrected chi connectivity index (χ1v) is 6.79. The number of rotatable bonds is 5. The second-order valence-electron chi connectivity index (χ2n) is 4.89. The molecule has 1 fully saturated rings. The fourth-order valence-corrected chi connectivity index (χ4v) is 2.54. The van der Waals surface area contributed by atoms with E-state index in [-0.39, 0.29) is 17.5 Å². The van der Waals surface area contributed by atoms with E-state index >= 15 is 0 Å². The predicted molar refractivity (Wildman–Crippen MR) is 71.8 cm³/mol. The maximum atomic E-state index is 12.4. The molecule has 2 rings (SSSR count). The van der Waals surface area contributed by atoms with E-state index < -0.39 is 0 Å². The van der Waals surface area contributed by atoms with Crippen LogP contribution >= 0.6 is 0 Å². The molecule has 104 valence electrons. The average molecular weight is 264 g/mol. The largest absolute Gasteiger partial charge is 0.334 e. The Balaban J connectivity index is 2.14. The van der Waals surface area contributed by atoms with Crippen LogP contribution in [-0.4, -0.2) is 40.1 Å². The minimum atomic E-state index is -0.300. The van der Waals surface area contributed by atoms with E-state index in [4.69, 9.17) is 5.73 Å². The number of carbonyl (C=O) groups is 1. The lowest BCUT2D eigenvalue weighted by atomic mass is 10.1. The standard InChI is InChI=1S/C13H20N4O2/c14-8-3-9-17(10-4-1-2-5-10)13(19)11-6-7-12(18)16-15-11/h6-7,10H,1-5,8-9,14H2,(H,16,18). The molecule has 0 radical (unpaired) electrons. The van der Waals surface area contributed by atoms with Gasteiger partial charge in [0.05, 0.1) is 0 Å². The van der Waals surface area contributed by atoms with E-state index in [1.807, 2.05) is 4.90 Å². The lowest BCUT2D eigenvalue weighted by molar-refractivity contribution is 0.0673. The van der Waals surface area contributed by atoms with Crippen molar-refractivity contribution in [1.29, 1.82) is 0 Å². The first kappa shape index (κ1) is 13.7. The van der Waals surface area contributed by atoms with Crippen LogP contribution in [0, 0.1) is 0 Å². The van der Waals surface area contributed by atoms with Crippen molar-refractivity contribution in [3.05, 3.63) is 28.2 Å². The van der Waals surface area contributed by atoms with Gasteiger partial charge in [0, 0.05) is 18.7 Å². The van der Waals surface area contributed by atoms with Crippen LogP contribution in [0.15, 0.2) is 16.9 Å². The number of hydrogen-bond donors (Lipinski definition) is 2.